The van der Waals surface area contributed by atoms with Crippen LogP contribution < -0.4 is 14.2 Å². The van der Waals surface area contributed by atoms with Crippen molar-refractivity contribution in [2.24, 2.45) is 0 Å². The lowest BCUT2D eigenvalue weighted by molar-refractivity contribution is 0.324. The second kappa shape index (κ2) is 11.3. The number of thioether (sulfide) groups is 1. The van der Waals surface area contributed by atoms with Crippen LogP contribution in [0, 0.1) is 0 Å². The van der Waals surface area contributed by atoms with Crippen LogP contribution in [0.2, 0.25) is 0 Å². The Morgan fingerprint density at radius 2 is 1.62 bits per heavy atom. The Hall–Kier alpha value is -3.12. The van der Waals surface area contributed by atoms with E-state index in [1.807, 2.05) is 23.9 Å². The molecule has 0 saturated heterocycles. The minimum Gasteiger partial charge on any atom is -0.493 e. The molecule has 6 heteroatoms. The summed E-state index contributed by atoms with van der Waals surface area (Å²) in [6.07, 6.45) is 3.18. The van der Waals surface area contributed by atoms with Crippen molar-refractivity contribution < 1.29 is 14.2 Å². The van der Waals surface area contributed by atoms with Gasteiger partial charge in [-0.3, -0.25) is 0 Å². The van der Waals surface area contributed by atoms with E-state index in [0.717, 1.165) is 54.0 Å². The van der Waals surface area contributed by atoms with Crippen LogP contribution >= 0.6 is 11.8 Å². The second-order valence-corrected chi connectivity index (χ2v) is 9.26. The van der Waals surface area contributed by atoms with Gasteiger partial charge in [0.1, 0.15) is 5.82 Å². The number of ether oxygens (including phenoxy) is 3. The number of methoxy groups -OCH3 is 3. The molecule has 0 atom stereocenters. The van der Waals surface area contributed by atoms with Crippen molar-refractivity contribution in [3.05, 3.63) is 66.2 Å². The van der Waals surface area contributed by atoms with Crippen molar-refractivity contribution in [2.45, 2.75) is 37.6 Å². The summed E-state index contributed by atoms with van der Waals surface area (Å²) in [5.74, 6) is 3.84. The molecule has 1 aromatic heterocycles. The van der Waals surface area contributed by atoms with Crippen molar-refractivity contribution >= 4 is 22.8 Å². The number of aromatic nitrogens is 2. The lowest BCUT2D eigenvalue weighted by Crippen LogP contribution is -2.03. The minimum absolute atomic E-state index is 0.582. The number of rotatable bonds is 11. The van der Waals surface area contributed by atoms with E-state index >= 15 is 0 Å². The van der Waals surface area contributed by atoms with Crippen molar-refractivity contribution in [3.8, 4) is 28.6 Å². The molecule has 4 aromatic rings. The molecule has 0 amide bonds. The van der Waals surface area contributed by atoms with Crippen LogP contribution in [0.4, 0.5) is 0 Å². The van der Waals surface area contributed by atoms with E-state index < -0.39 is 0 Å². The highest BCUT2D eigenvalue weighted by Crippen LogP contribution is 2.41. The Kier molecular flexibility index (Phi) is 8.01. The highest BCUT2D eigenvalue weighted by atomic mass is 32.2. The van der Waals surface area contributed by atoms with Crippen LogP contribution in [0.5, 0.6) is 17.2 Å². The normalized spacial score (nSPS) is 11.1. The zero-order chi connectivity index (χ0) is 23.9. The molecule has 4 rings (SSSR count). The quantitative estimate of drug-likeness (QED) is 0.221. The number of hydrogen-bond donors (Lipinski definition) is 0. The zero-order valence-electron chi connectivity index (χ0n) is 20.3. The summed E-state index contributed by atoms with van der Waals surface area (Å²) in [6, 6.07) is 21.1. The molecular weight excluding hydrogens is 444 g/mol. The summed E-state index contributed by atoms with van der Waals surface area (Å²) in [6.45, 7) is 3.07. The first kappa shape index (κ1) is 24.0. The van der Waals surface area contributed by atoms with E-state index in [9.17, 15) is 0 Å². The highest BCUT2D eigenvalue weighted by Gasteiger charge is 2.19. The number of nitrogens with zero attached hydrogens (tertiary/aromatic N) is 2. The van der Waals surface area contributed by atoms with Gasteiger partial charge in [0.25, 0.3) is 0 Å². The average Bonchev–Trinajstić information content (AvgIpc) is 3.24. The van der Waals surface area contributed by atoms with Crippen LogP contribution in [-0.2, 0) is 13.0 Å². The Bertz CT molecular complexity index is 1210. The third kappa shape index (κ3) is 5.17. The fourth-order valence-corrected chi connectivity index (χ4v) is 4.95. The summed E-state index contributed by atoms with van der Waals surface area (Å²) in [5.41, 5.74) is 4.43. The molecule has 0 N–H and O–H groups in total. The third-order valence-corrected chi connectivity index (χ3v) is 7.01. The Morgan fingerprint density at radius 1 is 0.882 bits per heavy atom. The second-order valence-electron chi connectivity index (χ2n) is 8.09. The molecule has 0 spiro atoms. The Morgan fingerprint density at radius 3 is 2.26 bits per heavy atom. The van der Waals surface area contributed by atoms with Crippen LogP contribution in [0.25, 0.3) is 22.4 Å². The topological polar surface area (TPSA) is 45.5 Å². The molecule has 0 unspecified atom stereocenters. The number of fused-ring (bicyclic) bond motifs is 1. The highest BCUT2D eigenvalue weighted by molar-refractivity contribution is 7.99. The average molecular weight is 477 g/mol. The van der Waals surface area contributed by atoms with Gasteiger partial charge >= 0.3 is 0 Å². The van der Waals surface area contributed by atoms with Gasteiger partial charge in [0, 0.05) is 17.0 Å². The molecule has 0 radical (unpaired) electrons. The molecule has 0 fully saturated rings. The first-order valence-corrected chi connectivity index (χ1v) is 12.6. The van der Waals surface area contributed by atoms with Crippen molar-refractivity contribution in [3.63, 3.8) is 0 Å². The van der Waals surface area contributed by atoms with Gasteiger partial charge in [-0.2, -0.15) is 0 Å². The first-order valence-electron chi connectivity index (χ1n) is 11.7. The van der Waals surface area contributed by atoms with Gasteiger partial charge in [0.2, 0.25) is 5.75 Å². The van der Waals surface area contributed by atoms with Crippen LogP contribution in [-0.4, -0.2) is 36.6 Å². The minimum atomic E-state index is 0.582. The molecule has 178 valence electrons. The van der Waals surface area contributed by atoms with Crippen molar-refractivity contribution in [1.29, 1.82) is 0 Å². The van der Waals surface area contributed by atoms with Crippen LogP contribution in [0.1, 0.15) is 25.3 Å². The first-order chi connectivity index (χ1) is 16.7. The number of hydrogen-bond acceptors (Lipinski definition) is 5. The molecule has 0 aliphatic carbocycles. The van der Waals surface area contributed by atoms with E-state index in [1.54, 1.807) is 21.3 Å². The fraction of sp³-hybridized carbons (Fsp3) is 0.321. The molecule has 0 saturated carbocycles. The van der Waals surface area contributed by atoms with Gasteiger partial charge in [-0.05, 0) is 60.9 Å². The number of aryl methyl sites for hydroxylation is 2. The summed E-state index contributed by atoms with van der Waals surface area (Å²) < 4.78 is 19.1. The van der Waals surface area contributed by atoms with E-state index in [4.69, 9.17) is 19.2 Å². The number of benzene rings is 3. The predicted octanol–water partition coefficient (Wildman–Crippen LogP) is 6.86. The zero-order valence-corrected chi connectivity index (χ0v) is 21.2. The Labute approximate surface area is 206 Å². The van der Waals surface area contributed by atoms with Gasteiger partial charge in [-0.1, -0.05) is 37.3 Å². The number of imidazole rings is 1. The maximum Gasteiger partial charge on any atom is 0.203 e. The van der Waals surface area contributed by atoms with E-state index in [2.05, 4.69) is 60.0 Å². The van der Waals surface area contributed by atoms with Crippen LogP contribution in [0.15, 0.2) is 65.6 Å². The third-order valence-electron chi connectivity index (χ3n) is 5.81. The molecular formula is C28H32N2O3S. The molecule has 3 aromatic carbocycles. The van der Waals surface area contributed by atoms with E-state index in [1.165, 1.54) is 10.5 Å². The SMILES string of the molecule is CCCSc1ccc2nc(-c3cc(OC)c(OC)c(OC)c3)n(CCCc3ccccc3)c2c1. The van der Waals surface area contributed by atoms with Gasteiger partial charge in [0.15, 0.2) is 11.5 Å². The summed E-state index contributed by atoms with van der Waals surface area (Å²) in [5, 5.41) is 0. The van der Waals surface area contributed by atoms with Gasteiger partial charge in [-0.15, -0.1) is 11.8 Å². The standard InChI is InChI=1S/C28H32N2O3S/c1-5-16-34-22-13-14-23-24(19-22)30(15-9-12-20-10-7-6-8-11-20)28(29-23)21-17-25(31-2)27(33-4)26(18-21)32-3/h6-8,10-11,13-14,17-19H,5,9,12,15-16H2,1-4H3. The lowest BCUT2D eigenvalue weighted by Gasteiger charge is -2.15. The monoisotopic (exact) mass is 476 g/mol. The van der Waals surface area contributed by atoms with Crippen LogP contribution in [0.3, 0.4) is 0 Å². The summed E-state index contributed by atoms with van der Waals surface area (Å²) in [7, 11) is 4.90. The lowest BCUT2D eigenvalue weighted by atomic mass is 10.1. The summed E-state index contributed by atoms with van der Waals surface area (Å²) in [4.78, 5) is 6.31. The van der Waals surface area contributed by atoms with Gasteiger partial charge in [-0.25, -0.2) is 4.98 Å². The fourth-order valence-electron chi connectivity index (χ4n) is 4.16. The smallest absolute Gasteiger partial charge is 0.203 e. The van der Waals surface area contributed by atoms with Gasteiger partial charge in [0.05, 0.1) is 32.4 Å². The van der Waals surface area contributed by atoms with E-state index in [-0.39, 0.29) is 0 Å². The maximum atomic E-state index is 5.61. The van der Waals surface area contributed by atoms with Gasteiger partial charge < -0.3 is 18.8 Å². The van der Waals surface area contributed by atoms with Crippen molar-refractivity contribution in [2.75, 3.05) is 27.1 Å². The van der Waals surface area contributed by atoms with E-state index in [0.29, 0.717) is 17.2 Å². The molecule has 0 bridgehead atoms. The predicted molar refractivity (Wildman–Crippen MR) is 141 cm³/mol. The molecule has 5 nitrogen and oxygen atoms in total. The summed E-state index contributed by atoms with van der Waals surface area (Å²) >= 11 is 1.89. The Balaban J connectivity index is 1.77. The molecule has 1 heterocycles. The molecule has 34 heavy (non-hydrogen) atoms. The van der Waals surface area contributed by atoms with Crippen molar-refractivity contribution in [1.82, 2.24) is 9.55 Å². The largest absolute Gasteiger partial charge is 0.493 e. The molecule has 0 aliphatic heterocycles. The maximum absolute atomic E-state index is 5.61. The molecule has 0 aliphatic rings.